The second-order valence-electron chi connectivity index (χ2n) is 5.00. The Kier molecular flexibility index (Phi) is 5.23. The van der Waals surface area contributed by atoms with Crippen molar-refractivity contribution in [3.63, 3.8) is 0 Å². The maximum absolute atomic E-state index is 12.6. The monoisotopic (exact) mass is 358 g/mol. The minimum Gasteiger partial charge on any atom is -0.480 e. The van der Waals surface area contributed by atoms with Crippen LogP contribution in [-0.2, 0) is 17.4 Å². The van der Waals surface area contributed by atoms with E-state index in [1.165, 1.54) is 7.05 Å². The average molecular weight is 358 g/mol. The van der Waals surface area contributed by atoms with E-state index in [2.05, 4.69) is 4.98 Å². The van der Waals surface area contributed by atoms with Gasteiger partial charge in [-0.05, 0) is 5.56 Å². The van der Waals surface area contributed by atoms with E-state index < -0.39 is 34.8 Å². The number of carboxylic acid groups (broad SMARTS) is 1. The van der Waals surface area contributed by atoms with E-state index in [1.807, 2.05) is 0 Å². The van der Waals surface area contributed by atoms with Crippen LogP contribution in [0.1, 0.15) is 21.1 Å². The van der Waals surface area contributed by atoms with Crippen molar-refractivity contribution >= 4 is 23.2 Å². The van der Waals surface area contributed by atoms with Gasteiger partial charge in [-0.3, -0.25) is 4.79 Å². The molecule has 0 saturated heterocycles. The first kappa shape index (κ1) is 17.9. The van der Waals surface area contributed by atoms with Gasteiger partial charge in [-0.2, -0.15) is 13.2 Å². The van der Waals surface area contributed by atoms with Crippen LogP contribution in [0.4, 0.5) is 13.2 Å². The zero-order chi connectivity index (χ0) is 17.9. The van der Waals surface area contributed by atoms with Gasteiger partial charge in [0.25, 0.3) is 5.91 Å². The maximum atomic E-state index is 12.6. The summed E-state index contributed by atoms with van der Waals surface area (Å²) >= 11 is 0.295. The molecule has 0 bridgehead atoms. The second kappa shape index (κ2) is 7.00. The molecule has 0 spiro atoms. The van der Waals surface area contributed by atoms with Crippen molar-refractivity contribution in [2.75, 3.05) is 7.05 Å². The molecular formula is C15H13F3N2O3S. The first-order chi connectivity index (χ1) is 11.2. The minimum atomic E-state index is -4.64. The number of halogens is 3. The van der Waals surface area contributed by atoms with Gasteiger partial charge >= 0.3 is 12.1 Å². The summed E-state index contributed by atoms with van der Waals surface area (Å²) in [5.74, 6) is -2.12. The molecule has 1 aromatic heterocycles. The predicted molar refractivity (Wildman–Crippen MR) is 80.8 cm³/mol. The fourth-order valence-electron chi connectivity index (χ4n) is 2.05. The fraction of sp³-hybridized carbons (Fsp3) is 0.267. The molecule has 0 fully saturated rings. The molecule has 1 atom stereocenters. The van der Waals surface area contributed by atoms with Crippen LogP contribution in [0.25, 0.3) is 0 Å². The number of aliphatic carboxylic acids is 1. The summed E-state index contributed by atoms with van der Waals surface area (Å²) in [5.41, 5.74) is 0.271. The van der Waals surface area contributed by atoms with Crippen molar-refractivity contribution in [1.82, 2.24) is 9.88 Å². The second-order valence-corrected chi connectivity index (χ2v) is 5.85. The number of alkyl halides is 3. The van der Waals surface area contributed by atoms with Crippen LogP contribution in [0.5, 0.6) is 0 Å². The molecule has 128 valence electrons. The van der Waals surface area contributed by atoms with Crippen molar-refractivity contribution in [3.05, 3.63) is 52.0 Å². The molecule has 1 N–H and O–H groups in total. The summed E-state index contributed by atoms with van der Waals surface area (Å²) in [4.78, 5) is 27.9. The Hall–Kier alpha value is -2.42. The first-order valence-electron chi connectivity index (χ1n) is 6.76. The van der Waals surface area contributed by atoms with Crippen molar-refractivity contribution in [2.45, 2.75) is 18.6 Å². The van der Waals surface area contributed by atoms with Gasteiger partial charge in [0.2, 0.25) is 0 Å². The van der Waals surface area contributed by atoms with E-state index >= 15 is 0 Å². The van der Waals surface area contributed by atoms with E-state index in [4.69, 9.17) is 0 Å². The average Bonchev–Trinajstić information content (AvgIpc) is 3.02. The maximum Gasteiger partial charge on any atom is 0.443 e. The molecule has 0 saturated carbocycles. The van der Waals surface area contributed by atoms with Gasteiger partial charge in [-0.25, -0.2) is 9.78 Å². The molecule has 5 nitrogen and oxygen atoms in total. The lowest BCUT2D eigenvalue weighted by molar-refractivity contribution is -0.142. The number of aromatic nitrogens is 1. The Morgan fingerprint density at radius 1 is 1.29 bits per heavy atom. The SMILES string of the molecule is CN(C(=O)c1csc(C(F)(F)F)n1)C(Cc1ccccc1)C(=O)O. The fourth-order valence-corrected chi connectivity index (χ4v) is 2.71. The lowest BCUT2D eigenvalue weighted by Gasteiger charge is -2.24. The molecule has 1 amide bonds. The predicted octanol–water partition coefficient (Wildman–Crippen LogP) is 2.93. The molecule has 2 aromatic rings. The third-order valence-electron chi connectivity index (χ3n) is 3.31. The highest BCUT2D eigenvalue weighted by atomic mass is 32.1. The number of thiazole rings is 1. The summed E-state index contributed by atoms with van der Waals surface area (Å²) in [6.07, 6.45) is -4.60. The Balaban J connectivity index is 2.20. The lowest BCUT2D eigenvalue weighted by Crippen LogP contribution is -2.44. The van der Waals surface area contributed by atoms with Crippen molar-refractivity contribution in [1.29, 1.82) is 0 Å². The third-order valence-corrected chi connectivity index (χ3v) is 4.20. The number of benzene rings is 1. The van der Waals surface area contributed by atoms with Gasteiger partial charge in [-0.1, -0.05) is 30.3 Å². The van der Waals surface area contributed by atoms with E-state index in [9.17, 15) is 27.9 Å². The van der Waals surface area contributed by atoms with E-state index in [1.54, 1.807) is 30.3 Å². The van der Waals surface area contributed by atoms with Crippen LogP contribution in [0.15, 0.2) is 35.7 Å². The lowest BCUT2D eigenvalue weighted by atomic mass is 10.0. The van der Waals surface area contributed by atoms with Crippen molar-refractivity contribution in [3.8, 4) is 0 Å². The Morgan fingerprint density at radius 3 is 2.42 bits per heavy atom. The quantitative estimate of drug-likeness (QED) is 0.892. The van der Waals surface area contributed by atoms with Crippen LogP contribution in [-0.4, -0.2) is 40.0 Å². The zero-order valence-corrected chi connectivity index (χ0v) is 13.3. The number of hydrogen-bond donors (Lipinski definition) is 1. The molecule has 2 rings (SSSR count). The summed E-state index contributed by atoms with van der Waals surface area (Å²) in [5, 5.41) is 9.17. The Bertz CT molecular complexity index is 731. The highest BCUT2D eigenvalue weighted by Crippen LogP contribution is 2.31. The number of amides is 1. The van der Waals surface area contributed by atoms with Gasteiger partial charge in [-0.15, -0.1) is 11.3 Å². The zero-order valence-electron chi connectivity index (χ0n) is 12.4. The number of rotatable bonds is 5. The molecule has 0 radical (unpaired) electrons. The number of nitrogens with zero attached hydrogens (tertiary/aromatic N) is 2. The van der Waals surface area contributed by atoms with Crippen LogP contribution in [0, 0.1) is 0 Å². The Morgan fingerprint density at radius 2 is 1.92 bits per heavy atom. The van der Waals surface area contributed by atoms with Crippen molar-refractivity contribution in [2.24, 2.45) is 0 Å². The smallest absolute Gasteiger partial charge is 0.443 e. The normalized spacial score (nSPS) is 12.7. The molecule has 9 heteroatoms. The molecule has 0 aliphatic carbocycles. The van der Waals surface area contributed by atoms with Crippen LogP contribution in [0.2, 0.25) is 0 Å². The van der Waals surface area contributed by atoms with Crippen LogP contribution < -0.4 is 0 Å². The first-order valence-corrected chi connectivity index (χ1v) is 7.64. The van der Waals surface area contributed by atoms with Gasteiger partial charge in [0.1, 0.15) is 11.7 Å². The summed E-state index contributed by atoms with van der Waals surface area (Å²) < 4.78 is 37.7. The number of likely N-dealkylation sites (N-methyl/N-ethyl adjacent to an activating group) is 1. The number of carbonyl (C=O) groups excluding carboxylic acids is 1. The van der Waals surface area contributed by atoms with Gasteiger partial charge in [0.05, 0.1) is 0 Å². The van der Waals surface area contributed by atoms with Gasteiger partial charge < -0.3 is 10.0 Å². The molecule has 0 aliphatic rings. The van der Waals surface area contributed by atoms with E-state index in [0.29, 0.717) is 16.9 Å². The van der Waals surface area contributed by atoms with Gasteiger partial charge in [0, 0.05) is 18.8 Å². The van der Waals surface area contributed by atoms with Gasteiger partial charge in [0.15, 0.2) is 5.01 Å². The highest BCUT2D eigenvalue weighted by molar-refractivity contribution is 7.09. The number of carboxylic acids is 1. The number of carbonyl (C=O) groups is 2. The highest BCUT2D eigenvalue weighted by Gasteiger charge is 2.36. The standard InChI is InChI=1S/C15H13F3N2O3S/c1-20(11(13(22)23)7-9-5-3-2-4-6-9)12(21)10-8-24-14(19-10)15(16,17)18/h2-6,8,11H,7H2,1H3,(H,22,23). The molecule has 1 unspecified atom stereocenters. The summed E-state index contributed by atoms with van der Waals surface area (Å²) in [7, 11) is 1.23. The summed E-state index contributed by atoms with van der Waals surface area (Å²) in [6.45, 7) is 0. The topological polar surface area (TPSA) is 70.5 Å². The molecule has 24 heavy (non-hydrogen) atoms. The molecule has 1 heterocycles. The molecule has 0 aliphatic heterocycles. The third kappa shape index (κ3) is 4.10. The number of hydrogen-bond acceptors (Lipinski definition) is 4. The molecular weight excluding hydrogens is 345 g/mol. The summed E-state index contributed by atoms with van der Waals surface area (Å²) in [6, 6.07) is 7.42. The van der Waals surface area contributed by atoms with E-state index in [0.717, 1.165) is 10.3 Å². The van der Waals surface area contributed by atoms with E-state index in [-0.39, 0.29) is 6.42 Å². The Labute approximate surface area is 139 Å². The molecule has 1 aromatic carbocycles. The van der Waals surface area contributed by atoms with Crippen molar-refractivity contribution < 1.29 is 27.9 Å². The minimum absolute atomic E-state index is 0.0364. The van der Waals surface area contributed by atoms with Crippen LogP contribution in [0.3, 0.4) is 0 Å². The largest absolute Gasteiger partial charge is 0.480 e. The van der Waals surface area contributed by atoms with Crippen LogP contribution >= 0.6 is 11.3 Å².